The van der Waals surface area contributed by atoms with E-state index in [-0.39, 0.29) is 11.5 Å². The third-order valence-electron chi connectivity index (χ3n) is 6.07. The molecule has 0 unspecified atom stereocenters. The van der Waals surface area contributed by atoms with Gasteiger partial charge in [0.2, 0.25) is 10.0 Å². The first-order valence-corrected chi connectivity index (χ1v) is 14.5. The van der Waals surface area contributed by atoms with Crippen molar-refractivity contribution >= 4 is 49.7 Å². The summed E-state index contributed by atoms with van der Waals surface area (Å²) < 4.78 is 38.1. The molecule has 0 amide bonds. The predicted molar refractivity (Wildman–Crippen MR) is 150 cm³/mol. The van der Waals surface area contributed by atoms with Crippen LogP contribution in [0.25, 0.3) is 11.1 Å². The molecule has 1 aromatic heterocycles. The molecule has 4 rings (SSSR count). The molecule has 1 saturated heterocycles. The summed E-state index contributed by atoms with van der Waals surface area (Å²) in [5, 5.41) is 4.30. The van der Waals surface area contributed by atoms with Crippen LogP contribution in [0, 0.1) is 6.92 Å². The van der Waals surface area contributed by atoms with E-state index in [2.05, 4.69) is 5.32 Å². The van der Waals surface area contributed by atoms with Gasteiger partial charge in [-0.3, -0.25) is 0 Å². The summed E-state index contributed by atoms with van der Waals surface area (Å²) in [5.41, 5.74) is 2.21. The summed E-state index contributed by atoms with van der Waals surface area (Å²) in [6, 6.07) is 16.1. The smallest absolute Gasteiger partial charge is 0.341 e. The van der Waals surface area contributed by atoms with E-state index < -0.39 is 16.0 Å². The number of anilines is 1. The molecular formula is C26H29N3O5S3. The molecule has 196 valence electrons. The lowest BCUT2D eigenvalue weighted by Gasteiger charge is -2.35. The Bertz CT molecular complexity index is 1360. The second kappa shape index (κ2) is 11.6. The van der Waals surface area contributed by atoms with Crippen LogP contribution in [-0.2, 0) is 14.8 Å². The number of nitrogens with one attached hydrogen (secondary N) is 1. The maximum atomic E-state index is 13.1. The maximum Gasteiger partial charge on any atom is 0.341 e. The number of piperazine rings is 1. The fourth-order valence-corrected chi connectivity index (χ4v) is 7.02. The van der Waals surface area contributed by atoms with Crippen molar-refractivity contribution < 1.29 is 22.7 Å². The van der Waals surface area contributed by atoms with Gasteiger partial charge in [-0.1, -0.05) is 30.3 Å². The van der Waals surface area contributed by atoms with Crippen LogP contribution in [0.3, 0.4) is 0 Å². The second-order valence-corrected chi connectivity index (χ2v) is 11.9. The van der Waals surface area contributed by atoms with E-state index >= 15 is 0 Å². The zero-order valence-electron chi connectivity index (χ0n) is 20.9. The number of benzene rings is 2. The standard InChI is InChI=1S/C26H29N3O5S3/c1-4-34-25(30)23-22(19-8-6-5-7-9-19)18(2)36-24(23)27-26(35)28-14-16-29(17-15-28)37(31,32)21-12-10-20(33-3)11-13-21/h5-13H,4,14-17H2,1-3H3,(H,27,35). The van der Waals surface area contributed by atoms with Crippen LogP contribution in [0.15, 0.2) is 59.5 Å². The van der Waals surface area contributed by atoms with Crippen molar-refractivity contribution in [3.8, 4) is 16.9 Å². The van der Waals surface area contributed by atoms with Gasteiger partial charge in [0.15, 0.2) is 5.11 Å². The summed E-state index contributed by atoms with van der Waals surface area (Å²) >= 11 is 7.12. The van der Waals surface area contributed by atoms with Gasteiger partial charge < -0.3 is 19.7 Å². The fourth-order valence-electron chi connectivity index (χ4n) is 4.19. The molecule has 0 bridgehead atoms. The molecule has 1 fully saturated rings. The Hall–Kier alpha value is -2.99. The minimum absolute atomic E-state index is 0.226. The van der Waals surface area contributed by atoms with Crippen molar-refractivity contribution in [2.45, 2.75) is 18.7 Å². The molecule has 37 heavy (non-hydrogen) atoms. The van der Waals surface area contributed by atoms with Crippen molar-refractivity contribution in [2.24, 2.45) is 0 Å². The number of carbonyl (C=O) groups is 1. The molecule has 3 aromatic rings. The van der Waals surface area contributed by atoms with Crippen molar-refractivity contribution in [1.29, 1.82) is 0 Å². The molecule has 0 aliphatic carbocycles. The van der Waals surface area contributed by atoms with Crippen molar-refractivity contribution in [3.05, 3.63) is 65.0 Å². The summed E-state index contributed by atoms with van der Waals surface area (Å²) in [5.74, 6) is 0.188. The molecule has 1 aliphatic rings. The van der Waals surface area contributed by atoms with Crippen LogP contribution in [0.2, 0.25) is 0 Å². The Morgan fingerprint density at radius 2 is 1.70 bits per heavy atom. The van der Waals surface area contributed by atoms with E-state index in [9.17, 15) is 13.2 Å². The predicted octanol–water partition coefficient (Wildman–Crippen LogP) is 4.61. The zero-order valence-corrected chi connectivity index (χ0v) is 23.3. The monoisotopic (exact) mass is 559 g/mol. The third-order valence-corrected chi connectivity index (χ3v) is 9.36. The summed E-state index contributed by atoms with van der Waals surface area (Å²) in [6.07, 6.45) is 0. The van der Waals surface area contributed by atoms with Gasteiger partial charge in [0, 0.05) is 36.6 Å². The van der Waals surface area contributed by atoms with E-state index in [1.165, 1.54) is 22.8 Å². The molecule has 2 heterocycles. The topological polar surface area (TPSA) is 88.2 Å². The van der Waals surface area contributed by atoms with Gasteiger partial charge in [0.25, 0.3) is 0 Å². The summed E-state index contributed by atoms with van der Waals surface area (Å²) in [7, 11) is -2.09. The van der Waals surface area contributed by atoms with Crippen LogP contribution < -0.4 is 10.1 Å². The highest BCUT2D eigenvalue weighted by atomic mass is 32.2. The Kier molecular flexibility index (Phi) is 8.48. The van der Waals surface area contributed by atoms with E-state index in [4.69, 9.17) is 21.7 Å². The number of methoxy groups -OCH3 is 1. The lowest BCUT2D eigenvalue weighted by Crippen LogP contribution is -2.51. The average Bonchev–Trinajstić information content (AvgIpc) is 3.24. The highest BCUT2D eigenvalue weighted by Gasteiger charge is 2.30. The van der Waals surface area contributed by atoms with Crippen LogP contribution in [-0.4, -0.2) is 68.6 Å². The van der Waals surface area contributed by atoms with Gasteiger partial charge >= 0.3 is 5.97 Å². The molecule has 0 radical (unpaired) electrons. The van der Waals surface area contributed by atoms with Gasteiger partial charge in [-0.15, -0.1) is 11.3 Å². The highest BCUT2D eigenvalue weighted by molar-refractivity contribution is 7.89. The molecule has 8 nitrogen and oxygen atoms in total. The minimum Gasteiger partial charge on any atom is -0.497 e. The fraction of sp³-hybridized carbons (Fsp3) is 0.308. The number of carbonyl (C=O) groups excluding carboxylic acids is 1. The van der Waals surface area contributed by atoms with E-state index in [1.807, 2.05) is 42.2 Å². The molecule has 0 spiro atoms. The molecule has 1 aliphatic heterocycles. The van der Waals surface area contributed by atoms with Crippen LogP contribution in [0.5, 0.6) is 5.75 Å². The van der Waals surface area contributed by atoms with Crippen LogP contribution >= 0.6 is 23.6 Å². The molecular weight excluding hydrogens is 531 g/mol. The second-order valence-electron chi connectivity index (χ2n) is 8.32. The van der Waals surface area contributed by atoms with Gasteiger partial charge in [-0.25, -0.2) is 13.2 Å². The number of hydrogen-bond donors (Lipinski definition) is 1. The Morgan fingerprint density at radius 1 is 1.05 bits per heavy atom. The van der Waals surface area contributed by atoms with Crippen molar-refractivity contribution in [1.82, 2.24) is 9.21 Å². The molecule has 0 saturated carbocycles. The number of thiocarbonyl (C=S) groups is 1. The van der Waals surface area contributed by atoms with E-state index in [0.717, 1.165) is 16.0 Å². The van der Waals surface area contributed by atoms with Gasteiger partial charge in [0.1, 0.15) is 16.3 Å². The summed E-state index contributed by atoms with van der Waals surface area (Å²) in [4.78, 5) is 16.1. The number of aryl methyl sites for hydroxylation is 1. The van der Waals surface area contributed by atoms with Crippen molar-refractivity contribution in [2.75, 3.05) is 45.2 Å². The third kappa shape index (κ3) is 5.80. The SMILES string of the molecule is CCOC(=O)c1c(NC(=S)N2CCN(S(=O)(=O)c3ccc(OC)cc3)CC2)sc(C)c1-c1ccccc1. The normalized spacial score (nSPS) is 14.3. The maximum absolute atomic E-state index is 13.1. The molecule has 2 aromatic carbocycles. The number of hydrogen-bond acceptors (Lipinski definition) is 7. The zero-order chi connectivity index (χ0) is 26.6. The first-order valence-electron chi connectivity index (χ1n) is 11.8. The first-order chi connectivity index (χ1) is 17.8. The van der Waals surface area contributed by atoms with E-state index in [1.54, 1.807) is 31.2 Å². The minimum atomic E-state index is -3.62. The highest BCUT2D eigenvalue weighted by Crippen LogP contribution is 2.40. The molecule has 11 heteroatoms. The average molecular weight is 560 g/mol. The Morgan fingerprint density at radius 3 is 2.30 bits per heavy atom. The Balaban J connectivity index is 1.49. The number of ether oxygens (including phenoxy) is 2. The molecule has 0 atom stereocenters. The first kappa shape index (κ1) is 27.1. The number of nitrogens with zero attached hydrogens (tertiary/aromatic N) is 2. The van der Waals surface area contributed by atoms with Crippen LogP contribution in [0.1, 0.15) is 22.2 Å². The number of thiophene rings is 1. The lowest BCUT2D eigenvalue weighted by atomic mass is 10.0. The van der Waals surface area contributed by atoms with Gasteiger partial charge in [-0.2, -0.15) is 4.31 Å². The lowest BCUT2D eigenvalue weighted by molar-refractivity contribution is 0.0529. The molecule has 1 N–H and O–H groups in total. The van der Waals surface area contributed by atoms with Crippen molar-refractivity contribution in [3.63, 3.8) is 0 Å². The number of sulfonamides is 1. The number of rotatable bonds is 7. The van der Waals surface area contributed by atoms with E-state index in [0.29, 0.717) is 47.6 Å². The summed E-state index contributed by atoms with van der Waals surface area (Å²) in [6.45, 7) is 5.43. The largest absolute Gasteiger partial charge is 0.497 e. The van der Waals surface area contributed by atoms with Crippen LogP contribution in [0.4, 0.5) is 5.00 Å². The Labute approximate surface area is 226 Å². The van der Waals surface area contributed by atoms with Gasteiger partial charge in [-0.05, 0) is 55.9 Å². The van der Waals surface area contributed by atoms with Gasteiger partial charge in [0.05, 0.1) is 18.6 Å². The quantitative estimate of drug-likeness (QED) is 0.332. The number of esters is 1.